The molecule has 3 aromatic rings. The number of pyridine rings is 2. The maximum Gasteiger partial charge on any atom is 0.252 e. The summed E-state index contributed by atoms with van der Waals surface area (Å²) >= 11 is 0. The summed E-state index contributed by atoms with van der Waals surface area (Å²) in [5.74, 6) is 0.578. The number of ether oxygens (including phenoxy) is 3. The minimum atomic E-state index is -1.22. The van der Waals surface area contributed by atoms with Crippen molar-refractivity contribution in [3.05, 3.63) is 58.3 Å². The number of aryl methyl sites for hydroxylation is 1. The predicted molar refractivity (Wildman–Crippen MR) is 174 cm³/mol. The molecule has 236 valence electrons. The molecule has 0 spiro atoms. The maximum atomic E-state index is 14.4. The molecule has 0 amide bonds. The van der Waals surface area contributed by atoms with E-state index in [4.69, 9.17) is 14.2 Å². The van der Waals surface area contributed by atoms with Gasteiger partial charge in [-0.05, 0) is 56.0 Å². The summed E-state index contributed by atoms with van der Waals surface area (Å²) in [6.45, 7) is 9.90. The molecule has 0 atom stereocenters. The van der Waals surface area contributed by atoms with E-state index in [1.165, 1.54) is 12.1 Å². The molecule has 2 aliphatic rings. The van der Waals surface area contributed by atoms with Crippen molar-refractivity contribution in [3.8, 4) is 11.8 Å². The Hall–Kier alpha value is -3.46. The molecule has 3 heterocycles. The summed E-state index contributed by atoms with van der Waals surface area (Å²) in [6, 6.07) is 13.5. The lowest BCUT2D eigenvalue weighted by Crippen LogP contribution is -2.48. The van der Waals surface area contributed by atoms with Crippen molar-refractivity contribution < 1.29 is 18.6 Å². The van der Waals surface area contributed by atoms with Crippen LogP contribution in [-0.2, 0) is 16.5 Å². The number of hydrogen-bond donors (Lipinski definition) is 0. The van der Waals surface area contributed by atoms with Crippen LogP contribution in [0.15, 0.2) is 41.2 Å². The number of aromatic nitrogens is 2. The van der Waals surface area contributed by atoms with E-state index in [2.05, 4.69) is 40.5 Å². The van der Waals surface area contributed by atoms with E-state index in [1.54, 1.807) is 29.8 Å². The molecule has 5 rings (SSSR count). The van der Waals surface area contributed by atoms with E-state index in [-0.39, 0.29) is 30.3 Å². The monoisotopic (exact) mass is 621 g/mol. The maximum absolute atomic E-state index is 14.4. The van der Waals surface area contributed by atoms with Crippen LogP contribution in [0.3, 0.4) is 0 Å². The van der Waals surface area contributed by atoms with E-state index in [0.717, 1.165) is 62.9 Å². The van der Waals surface area contributed by atoms with Crippen molar-refractivity contribution in [3.63, 3.8) is 0 Å². The molecule has 9 nitrogen and oxygen atoms in total. The molecule has 0 N–H and O–H groups in total. The lowest BCUT2D eigenvalue weighted by molar-refractivity contribution is -0.0287. The topological polar surface area (TPSA) is 92.9 Å². The molecule has 0 radical (unpaired) electrons. The van der Waals surface area contributed by atoms with Gasteiger partial charge in [0, 0.05) is 65.5 Å². The summed E-state index contributed by atoms with van der Waals surface area (Å²) in [7, 11) is 2.52. The minimum Gasteiger partial charge on any atom is -0.465 e. The van der Waals surface area contributed by atoms with Crippen LogP contribution < -0.4 is 20.1 Å². The van der Waals surface area contributed by atoms with Crippen LogP contribution in [0.5, 0.6) is 5.75 Å². The average molecular weight is 622 g/mol. The Balaban J connectivity index is 1.32. The van der Waals surface area contributed by atoms with Gasteiger partial charge in [-0.2, -0.15) is 5.26 Å². The summed E-state index contributed by atoms with van der Waals surface area (Å²) in [5.41, 5.74) is 3.20. The van der Waals surface area contributed by atoms with Gasteiger partial charge in [0.15, 0.2) is 6.79 Å². The molecule has 11 heteroatoms. The molecule has 2 aromatic heterocycles. The van der Waals surface area contributed by atoms with Crippen molar-refractivity contribution in [2.45, 2.75) is 63.5 Å². The fraction of sp³-hybridized carbons (Fsp3) is 0.545. The number of rotatable bonds is 12. The standard InChI is InChI=1S/C33H44FN5O4Si/c1-37(30-17-32(40)38(2)29-13-7-25(18-35)36-33(29)30)26-8-10-27(11-9-26)39(19-23-20-42-21-23)28-12-6-24(34)16-31(28)43-22-41-14-15-44(3,4)5/h6-7,12-13,16-17,23,26-27H,8-11,14-15,19-22H2,1-5H3/t26-,27-. The number of fused-ring (bicyclic) bond motifs is 1. The summed E-state index contributed by atoms with van der Waals surface area (Å²) in [4.78, 5) is 21.9. The van der Waals surface area contributed by atoms with Crippen LogP contribution in [0.1, 0.15) is 31.4 Å². The number of benzene rings is 1. The molecule has 1 aliphatic heterocycles. The quantitative estimate of drug-likeness (QED) is 0.148. The van der Waals surface area contributed by atoms with Gasteiger partial charge < -0.3 is 28.6 Å². The van der Waals surface area contributed by atoms with Crippen molar-refractivity contribution in [1.29, 1.82) is 5.26 Å². The zero-order valence-corrected chi connectivity index (χ0v) is 27.5. The third-order valence-electron chi connectivity index (χ3n) is 8.91. The molecule has 2 fully saturated rings. The molecule has 1 saturated heterocycles. The van der Waals surface area contributed by atoms with Gasteiger partial charge in [0.25, 0.3) is 5.56 Å². The van der Waals surface area contributed by atoms with Crippen molar-refractivity contribution in [1.82, 2.24) is 9.55 Å². The third-order valence-corrected chi connectivity index (χ3v) is 10.6. The van der Waals surface area contributed by atoms with Gasteiger partial charge in [0.2, 0.25) is 0 Å². The van der Waals surface area contributed by atoms with E-state index >= 15 is 0 Å². The minimum absolute atomic E-state index is 0.0882. The first kappa shape index (κ1) is 31.9. The van der Waals surface area contributed by atoms with Crippen molar-refractivity contribution >= 4 is 30.5 Å². The van der Waals surface area contributed by atoms with Crippen molar-refractivity contribution in [2.24, 2.45) is 13.0 Å². The smallest absolute Gasteiger partial charge is 0.252 e. The molecular weight excluding hydrogens is 577 g/mol. The largest absolute Gasteiger partial charge is 0.465 e. The first-order valence-electron chi connectivity index (χ1n) is 15.5. The first-order valence-corrected chi connectivity index (χ1v) is 19.2. The SMILES string of the molecule is Cn1c(=O)cc(N(C)[C@H]2CC[C@H](N(CC3COC3)c3ccc(F)cc3OCOCC[Si](C)(C)C)CC2)c2nc(C#N)ccc21. The second-order valence-corrected chi connectivity index (χ2v) is 18.9. The number of nitrogens with zero attached hydrogens (tertiary/aromatic N) is 5. The Morgan fingerprint density at radius 3 is 2.48 bits per heavy atom. The highest BCUT2D eigenvalue weighted by Crippen LogP contribution is 2.38. The normalized spacial score (nSPS) is 18.9. The fourth-order valence-electron chi connectivity index (χ4n) is 6.09. The zero-order chi connectivity index (χ0) is 31.4. The van der Waals surface area contributed by atoms with E-state index in [0.29, 0.717) is 35.0 Å². The number of anilines is 2. The van der Waals surface area contributed by atoms with Crippen LogP contribution >= 0.6 is 0 Å². The molecule has 1 aliphatic carbocycles. The van der Waals surface area contributed by atoms with Crippen LogP contribution in [0.2, 0.25) is 25.7 Å². The number of hydrogen-bond acceptors (Lipinski definition) is 8. The van der Waals surface area contributed by atoms with Gasteiger partial charge in [0.05, 0.1) is 30.1 Å². The summed E-state index contributed by atoms with van der Waals surface area (Å²) in [5, 5.41) is 9.45. The van der Waals surface area contributed by atoms with Gasteiger partial charge in [-0.1, -0.05) is 19.6 Å². The highest BCUT2D eigenvalue weighted by molar-refractivity contribution is 6.76. The van der Waals surface area contributed by atoms with Gasteiger partial charge in [-0.3, -0.25) is 4.79 Å². The Labute approximate surface area is 260 Å². The molecule has 44 heavy (non-hydrogen) atoms. The molecule has 1 aromatic carbocycles. The van der Waals surface area contributed by atoms with Gasteiger partial charge in [0.1, 0.15) is 28.8 Å². The lowest BCUT2D eigenvalue weighted by atomic mass is 9.88. The van der Waals surface area contributed by atoms with Crippen LogP contribution in [0.4, 0.5) is 15.8 Å². The second kappa shape index (κ2) is 13.7. The average Bonchev–Trinajstić information content (AvgIpc) is 2.98. The molecular formula is C33H44FN5O4Si. The third kappa shape index (κ3) is 7.42. The van der Waals surface area contributed by atoms with Crippen LogP contribution in [0, 0.1) is 23.1 Å². The Bertz CT molecular complexity index is 1560. The van der Waals surface area contributed by atoms with Gasteiger partial charge in [-0.25, -0.2) is 9.37 Å². The van der Waals surface area contributed by atoms with Gasteiger partial charge >= 0.3 is 0 Å². The molecule has 0 unspecified atom stereocenters. The number of halogens is 1. The highest BCUT2D eigenvalue weighted by Gasteiger charge is 2.33. The van der Waals surface area contributed by atoms with Crippen molar-refractivity contribution in [2.75, 3.05) is 50.0 Å². The fourth-order valence-corrected chi connectivity index (χ4v) is 6.85. The predicted octanol–water partition coefficient (Wildman–Crippen LogP) is 5.54. The van der Waals surface area contributed by atoms with Crippen LogP contribution in [0.25, 0.3) is 11.0 Å². The molecule has 0 bridgehead atoms. The summed E-state index contributed by atoms with van der Waals surface area (Å²) in [6.07, 6.45) is 3.66. The first-order chi connectivity index (χ1) is 21.0. The lowest BCUT2D eigenvalue weighted by Gasteiger charge is -2.44. The second-order valence-electron chi connectivity index (χ2n) is 13.3. The van der Waals surface area contributed by atoms with Crippen LogP contribution in [-0.4, -0.2) is 69.9 Å². The number of nitriles is 1. The summed E-state index contributed by atoms with van der Waals surface area (Å²) < 4.78 is 33.3. The Kier molecular flexibility index (Phi) is 9.93. The molecule has 1 saturated carbocycles. The van der Waals surface area contributed by atoms with E-state index in [9.17, 15) is 14.4 Å². The Morgan fingerprint density at radius 1 is 1.09 bits per heavy atom. The zero-order valence-electron chi connectivity index (χ0n) is 26.5. The van der Waals surface area contributed by atoms with E-state index in [1.807, 2.05) is 13.1 Å². The highest BCUT2D eigenvalue weighted by atomic mass is 28.3. The van der Waals surface area contributed by atoms with E-state index < -0.39 is 8.07 Å². The Morgan fingerprint density at radius 2 is 1.82 bits per heavy atom. The van der Waals surface area contributed by atoms with Gasteiger partial charge in [-0.15, -0.1) is 0 Å².